The Kier molecular flexibility index (Phi) is 6.65. The van der Waals surface area contributed by atoms with Gasteiger partial charge in [0.15, 0.2) is 0 Å². The van der Waals surface area contributed by atoms with Gasteiger partial charge in [0.1, 0.15) is 5.82 Å². The first-order chi connectivity index (χ1) is 15.2. The molecule has 0 aliphatic rings. The van der Waals surface area contributed by atoms with Crippen LogP contribution < -0.4 is 21.9 Å². The van der Waals surface area contributed by atoms with Gasteiger partial charge in [0.2, 0.25) is 0 Å². The second-order valence-corrected chi connectivity index (χ2v) is 7.25. The first-order valence-corrected chi connectivity index (χ1v) is 9.74. The van der Waals surface area contributed by atoms with Gasteiger partial charge in [0.05, 0.1) is 21.8 Å². The molecule has 0 aliphatic carbocycles. The van der Waals surface area contributed by atoms with Crippen LogP contribution in [0.25, 0.3) is 16.5 Å². The number of hydrogen-bond donors (Lipinski definition) is 3. The molecule has 0 unspecified atom stereocenters. The monoisotopic (exact) mass is 454 g/mol. The molecular weight excluding hydrogens is 435 g/mol. The van der Waals surface area contributed by atoms with Crippen molar-refractivity contribution in [3.8, 4) is 5.69 Å². The van der Waals surface area contributed by atoms with Crippen molar-refractivity contribution in [3.05, 3.63) is 94.1 Å². The number of halogens is 2. The lowest BCUT2D eigenvalue weighted by molar-refractivity contribution is 0.203. The van der Waals surface area contributed by atoms with E-state index in [1.165, 1.54) is 29.9 Å². The summed E-state index contributed by atoms with van der Waals surface area (Å²) >= 11 is 6.13. The van der Waals surface area contributed by atoms with Crippen LogP contribution >= 0.6 is 11.6 Å². The van der Waals surface area contributed by atoms with Crippen LogP contribution in [0.5, 0.6) is 0 Å². The maximum Gasteiger partial charge on any atom is 0.411 e. The van der Waals surface area contributed by atoms with E-state index in [0.29, 0.717) is 16.8 Å². The van der Waals surface area contributed by atoms with Gasteiger partial charge in [-0.1, -0.05) is 29.8 Å². The minimum absolute atomic E-state index is 0.107. The second-order valence-electron chi connectivity index (χ2n) is 6.84. The van der Waals surface area contributed by atoms with E-state index in [2.05, 4.69) is 0 Å². The molecule has 0 bridgehead atoms. The van der Waals surface area contributed by atoms with Gasteiger partial charge in [-0.25, -0.2) is 9.18 Å². The lowest BCUT2D eigenvalue weighted by atomic mass is 10.1. The smallest absolute Gasteiger partial charge is 0.411 e. The van der Waals surface area contributed by atoms with E-state index < -0.39 is 17.5 Å². The van der Waals surface area contributed by atoms with E-state index in [9.17, 15) is 14.0 Å². The van der Waals surface area contributed by atoms with Crippen LogP contribution in [0, 0.1) is 5.82 Å². The van der Waals surface area contributed by atoms with Gasteiger partial charge in [0.25, 0.3) is 5.56 Å². The average molecular weight is 455 g/mol. The molecule has 9 heteroatoms. The van der Waals surface area contributed by atoms with E-state index in [1.54, 1.807) is 18.2 Å². The number of amides is 1. The standard InChI is InChI=1S/C17H13ClFN3O3.C6H7N/c1-21(17(24)25)15-6-9-4-5-22(16(23)11(9)8-13(15)19)14-3-2-10(20)7-12(14)18;7-6-4-2-1-3-5-6/h2-8H,20H2,1H3,(H,24,25);1-5H,7H2. The van der Waals surface area contributed by atoms with Gasteiger partial charge < -0.3 is 16.6 Å². The molecule has 0 fully saturated rings. The van der Waals surface area contributed by atoms with E-state index in [-0.39, 0.29) is 16.1 Å². The highest BCUT2D eigenvalue weighted by molar-refractivity contribution is 6.32. The number of nitrogens with zero attached hydrogens (tertiary/aromatic N) is 2. The summed E-state index contributed by atoms with van der Waals surface area (Å²) in [6, 6.07) is 18.1. The van der Waals surface area contributed by atoms with Crippen molar-refractivity contribution in [3.63, 3.8) is 0 Å². The molecule has 4 rings (SSSR count). The molecule has 32 heavy (non-hydrogen) atoms. The Bertz CT molecular complexity index is 1340. The van der Waals surface area contributed by atoms with Gasteiger partial charge in [-0.3, -0.25) is 14.3 Å². The predicted octanol–water partition coefficient (Wildman–Crippen LogP) is 4.75. The lowest BCUT2D eigenvalue weighted by Gasteiger charge is -2.15. The number of anilines is 3. The van der Waals surface area contributed by atoms with Crippen LogP contribution in [0.2, 0.25) is 5.02 Å². The molecule has 1 aromatic heterocycles. The molecular formula is C23H20ClFN4O3. The molecule has 3 aromatic carbocycles. The minimum atomic E-state index is -1.31. The Morgan fingerprint density at radius 1 is 1.03 bits per heavy atom. The van der Waals surface area contributed by atoms with Crippen molar-refractivity contribution >= 4 is 45.5 Å². The number of aromatic nitrogens is 1. The number of fused-ring (bicyclic) bond motifs is 1. The Labute approximate surface area is 187 Å². The first-order valence-electron chi connectivity index (χ1n) is 9.36. The predicted molar refractivity (Wildman–Crippen MR) is 126 cm³/mol. The van der Waals surface area contributed by atoms with E-state index in [4.69, 9.17) is 28.2 Å². The molecule has 1 amide bonds. The summed E-state index contributed by atoms with van der Waals surface area (Å²) in [7, 11) is 1.22. The molecule has 0 spiro atoms. The number of carbonyl (C=O) groups is 1. The van der Waals surface area contributed by atoms with Crippen molar-refractivity contribution in [2.45, 2.75) is 0 Å². The topological polar surface area (TPSA) is 115 Å². The quantitative estimate of drug-likeness (QED) is 0.378. The molecule has 0 radical (unpaired) electrons. The summed E-state index contributed by atoms with van der Waals surface area (Å²) in [5.74, 6) is -0.810. The third-order valence-corrected chi connectivity index (χ3v) is 4.95. The van der Waals surface area contributed by atoms with Gasteiger partial charge >= 0.3 is 6.09 Å². The molecule has 5 N–H and O–H groups in total. The Morgan fingerprint density at radius 3 is 2.28 bits per heavy atom. The zero-order valence-electron chi connectivity index (χ0n) is 17.0. The van der Waals surface area contributed by atoms with Crippen molar-refractivity contribution in [1.29, 1.82) is 0 Å². The minimum Gasteiger partial charge on any atom is -0.465 e. The van der Waals surface area contributed by atoms with Crippen LogP contribution in [-0.2, 0) is 0 Å². The fraction of sp³-hybridized carbons (Fsp3) is 0.0435. The number of hydrogen-bond acceptors (Lipinski definition) is 4. The largest absolute Gasteiger partial charge is 0.465 e. The van der Waals surface area contributed by atoms with Crippen molar-refractivity contribution in [2.24, 2.45) is 0 Å². The number of nitrogen functional groups attached to an aromatic ring is 2. The Hall–Kier alpha value is -4.04. The van der Waals surface area contributed by atoms with Crippen LogP contribution in [0.1, 0.15) is 0 Å². The molecule has 4 aromatic rings. The summed E-state index contributed by atoms with van der Waals surface area (Å²) in [6.07, 6.45) is 0.185. The SMILES string of the molecule is CN(C(=O)O)c1cc2ccn(-c3ccc(N)cc3Cl)c(=O)c2cc1F.Nc1ccccc1. The third kappa shape index (κ3) is 4.81. The van der Waals surface area contributed by atoms with E-state index >= 15 is 0 Å². The summed E-state index contributed by atoms with van der Waals surface area (Å²) in [5, 5.41) is 9.80. The van der Waals surface area contributed by atoms with Crippen LogP contribution in [0.15, 0.2) is 77.7 Å². The third-order valence-electron chi connectivity index (χ3n) is 4.65. The lowest BCUT2D eigenvalue weighted by Crippen LogP contribution is -2.25. The van der Waals surface area contributed by atoms with Gasteiger partial charge in [-0.15, -0.1) is 0 Å². The maximum atomic E-state index is 14.3. The molecule has 0 saturated heterocycles. The zero-order valence-corrected chi connectivity index (χ0v) is 17.8. The highest BCUT2D eigenvalue weighted by Crippen LogP contribution is 2.26. The molecule has 7 nitrogen and oxygen atoms in total. The number of carboxylic acid groups (broad SMARTS) is 1. The summed E-state index contributed by atoms with van der Waals surface area (Å²) < 4.78 is 15.6. The van der Waals surface area contributed by atoms with Gasteiger partial charge in [-0.2, -0.15) is 0 Å². The van der Waals surface area contributed by atoms with Crippen molar-refractivity contribution in [2.75, 3.05) is 23.4 Å². The van der Waals surface area contributed by atoms with Gasteiger partial charge in [-0.05, 0) is 53.9 Å². The molecule has 1 heterocycles. The van der Waals surface area contributed by atoms with Gasteiger partial charge in [0, 0.05) is 24.6 Å². The van der Waals surface area contributed by atoms with E-state index in [1.807, 2.05) is 30.3 Å². The molecule has 0 aliphatic heterocycles. The van der Waals surface area contributed by atoms with Crippen LogP contribution in [0.4, 0.5) is 26.2 Å². The number of benzene rings is 3. The maximum absolute atomic E-state index is 14.3. The summed E-state index contributed by atoms with van der Waals surface area (Å²) in [4.78, 5) is 24.5. The molecule has 164 valence electrons. The number of rotatable bonds is 2. The second kappa shape index (κ2) is 9.40. The summed E-state index contributed by atoms with van der Waals surface area (Å²) in [6.45, 7) is 0. The normalized spacial score (nSPS) is 10.3. The zero-order chi connectivity index (χ0) is 23.4. The van der Waals surface area contributed by atoms with Crippen molar-refractivity contribution < 1.29 is 14.3 Å². The first kappa shape index (κ1) is 22.6. The molecule has 0 atom stereocenters. The highest BCUT2D eigenvalue weighted by Gasteiger charge is 2.16. The Morgan fingerprint density at radius 2 is 1.72 bits per heavy atom. The fourth-order valence-electron chi connectivity index (χ4n) is 2.97. The highest BCUT2D eigenvalue weighted by atomic mass is 35.5. The van der Waals surface area contributed by atoms with Crippen LogP contribution in [0.3, 0.4) is 0 Å². The van der Waals surface area contributed by atoms with Crippen molar-refractivity contribution in [1.82, 2.24) is 4.57 Å². The molecule has 0 saturated carbocycles. The van der Waals surface area contributed by atoms with E-state index in [0.717, 1.165) is 16.7 Å². The summed E-state index contributed by atoms with van der Waals surface area (Å²) in [5.41, 5.74) is 12.1. The number of pyridine rings is 1. The fourth-order valence-corrected chi connectivity index (χ4v) is 3.25. The Balaban J connectivity index is 0.000000352. The number of nitrogens with two attached hydrogens (primary N) is 2. The number of para-hydroxylation sites is 1. The average Bonchev–Trinajstić information content (AvgIpc) is 2.75. The van der Waals surface area contributed by atoms with Crippen LogP contribution in [-0.4, -0.2) is 22.8 Å².